The largest absolute Gasteiger partial charge is 0.454 e. The summed E-state index contributed by atoms with van der Waals surface area (Å²) < 4.78 is 10.7. The van der Waals surface area contributed by atoms with Crippen molar-refractivity contribution in [2.45, 2.75) is 31.7 Å². The number of ether oxygens (including phenoxy) is 2. The van der Waals surface area contributed by atoms with Gasteiger partial charge in [0.05, 0.1) is 0 Å². The second kappa shape index (κ2) is 8.31. The van der Waals surface area contributed by atoms with Gasteiger partial charge in [-0.1, -0.05) is 6.07 Å². The van der Waals surface area contributed by atoms with Crippen molar-refractivity contribution in [3.8, 4) is 11.5 Å². The van der Waals surface area contributed by atoms with Crippen LogP contribution < -0.4 is 25.0 Å². The SMILES string of the molecule is CC1(c2ccc3c(c2)OCO3)NC(=O)N(CC(=O)Nc2ccc(N3CCCCC3)cc2)C1=O. The van der Waals surface area contributed by atoms with Crippen molar-refractivity contribution in [1.82, 2.24) is 10.2 Å². The number of nitrogens with one attached hydrogen (secondary N) is 2. The second-order valence-corrected chi connectivity index (χ2v) is 8.66. The monoisotopic (exact) mass is 450 g/mol. The van der Waals surface area contributed by atoms with Crippen molar-refractivity contribution in [3.05, 3.63) is 48.0 Å². The number of hydrogen-bond donors (Lipinski definition) is 2. The van der Waals surface area contributed by atoms with E-state index in [9.17, 15) is 14.4 Å². The van der Waals surface area contributed by atoms with Crippen LogP contribution in [0.15, 0.2) is 42.5 Å². The maximum absolute atomic E-state index is 13.1. The fourth-order valence-electron chi connectivity index (χ4n) is 4.50. The number of amides is 4. The summed E-state index contributed by atoms with van der Waals surface area (Å²) >= 11 is 0. The minimum Gasteiger partial charge on any atom is -0.454 e. The lowest BCUT2D eigenvalue weighted by atomic mass is 9.91. The number of fused-ring (bicyclic) bond motifs is 1. The normalized spacial score (nSPS) is 21.8. The summed E-state index contributed by atoms with van der Waals surface area (Å²) in [5.74, 6) is 0.155. The molecule has 0 bridgehead atoms. The van der Waals surface area contributed by atoms with Gasteiger partial charge in [0.2, 0.25) is 12.7 Å². The van der Waals surface area contributed by atoms with Crippen LogP contribution >= 0.6 is 0 Å². The van der Waals surface area contributed by atoms with Crippen molar-refractivity contribution in [2.24, 2.45) is 0 Å². The maximum Gasteiger partial charge on any atom is 0.325 e. The van der Waals surface area contributed by atoms with Crippen molar-refractivity contribution in [3.63, 3.8) is 0 Å². The molecule has 4 amide bonds. The summed E-state index contributed by atoms with van der Waals surface area (Å²) in [6.45, 7) is 3.43. The summed E-state index contributed by atoms with van der Waals surface area (Å²) in [5.41, 5.74) is 1.00. The Hall–Kier alpha value is -3.75. The summed E-state index contributed by atoms with van der Waals surface area (Å²) in [6.07, 6.45) is 3.65. The lowest BCUT2D eigenvalue weighted by Crippen LogP contribution is -2.42. The molecule has 5 rings (SSSR count). The van der Waals surface area contributed by atoms with Gasteiger partial charge in [0, 0.05) is 24.5 Å². The molecule has 33 heavy (non-hydrogen) atoms. The van der Waals surface area contributed by atoms with Crippen LogP contribution in [-0.2, 0) is 15.1 Å². The van der Waals surface area contributed by atoms with Crippen LogP contribution in [0.3, 0.4) is 0 Å². The molecule has 172 valence electrons. The van der Waals surface area contributed by atoms with Crippen molar-refractivity contribution >= 4 is 29.2 Å². The highest BCUT2D eigenvalue weighted by Crippen LogP contribution is 2.37. The summed E-state index contributed by atoms with van der Waals surface area (Å²) in [7, 11) is 0. The summed E-state index contributed by atoms with van der Waals surface area (Å²) in [6, 6.07) is 12.1. The predicted octanol–water partition coefficient (Wildman–Crippen LogP) is 2.81. The molecule has 1 unspecified atom stereocenters. The molecule has 0 spiro atoms. The van der Waals surface area contributed by atoms with Crippen LogP contribution in [0.1, 0.15) is 31.7 Å². The van der Waals surface area contributed by atoms with Gasteiger partial charge in [-0.3, -0.25) is 14.5 Å². The van der Waals surface area contributed by atoms with E-state index in [2.05, 4.69) is 15.5 Å². The van der Waals surface area contributed by atoms with Crippen LogP contribution in [0.2, 0.25) is 0 Å². The van der Waals surface area contributed by atoms with E-state index in [1.165, 1.54) is 19.3 Å². The highest BCUT2D eigenvalue weighted by molar-refractivity contribution is 6.10. The lowest BCUT2D eigenvalue weighted by molar-refractivity contribution is -0.133. The molecule has 9 nitrogen and oxygen atoms in total. The molecule has 2 aromatic rings. The van der Waals surface area contributed by atoms with Gasteiger partial charge in [0.1, 0.15) is 12.1 Å². The van der Waals surface area contributed by atoms with E-state index in [1.807, 2.05) is 24.3 Å². The molecular formula is C24H26N4O5. The quantitative estimate of drug-likeness (QED) is 0.680. The Bertz CT molecular complexity index is 1100. The Labute approximate surface area is 191 Å². The predicted molar refractivity (Wildman–Crippen MR) is 121 cm³/mol. The summed E-state index contributed by atoms with van der Waals surface area (Å²) in [5, 5.41) is 5.48. The van der Waals surface area contributed by atoms with E-state index in [0.717, 1.165) is 23.7 Å². The Morgan fingerprint density at radius 1 is 1.03 bits per heavy atom. The van der Waals surface area contributed by atoms with Crippen molar-refractivity contribution < 1.29 is 23.9 Å². The number of urea groups is 1. The van der Waals surface area contributed by atoms with Gasteiger partial charge in [0.25, 0.3) is 5.91 Å². The summed E-state index contributed by atoms with van der Waals surface area (Å²) in [4.78, 5) is 41.6. The Morgan fingerprint density at radius 3 is 2.52 bits per heavy atom. The first-order valence-electron chi connectivity index (χ1n) is 11.1. The lowest BCUT2D eigenvalue weighted by Gasteiger charge is -2.28. The number of carbonyl (C=O) groups is 3. The number of piperidine rings is 1. The third kappa shape index (κ3) is 3.94. The van der Waals surface area contributed by atoms with E-state index in [0.29, 0.717) is 22.7 Å². The molecule has 2 saturated heterocycles. The van der Waals surface area contributed by atoms with E-state index >= 15 is 0 Å². The molecule has 1 atom stereocenters. The topological polar surface area (TPSA) is 100 Å². The number of benzene rings is 2. The third-order valence-electron chi connectivity index (χ3n) is 6.40. The van der Waals surface area contributed by atoms with Gasteiger partial charge >= 0.3 is 6.03 Å². The van der Waals surface area contributed by atoms with Crippen LogP contribution in [-0.4, -0.2) is 49.2 Å². The van der Waals surface area contributed by atoms with Gasteiger partial charge in [-0.2, -0.15) is 0 Å². The van der Waals surface area contributed by atoms with E-state index < -0.39 is 23.4 Å². The number of rotatable bonds is 5. The van der Waals surface area contributed by atoms with Crippen LogP contribution in [0, 0.1) is 0 Å². The van der Waals surface area contributed by atoms with Gasteiger partial charge in [0.15, 0.2) is 11.5 Å². The van der Waals surface area contributed by atoms with E-state index in [1.54, 1.807) is 25.1 Å². The molecule has 0 aliphatic carbocycles. The first-order chi connectivity index (χ1) is 15.9. The molecular weight excluding hydrogens is 424 g/mol. The second-order valence-electron chi connectivity index (χ2n) is 8.66. The number of imide groups is 1. The van der Waals surface area contributed by atoms with Crippen LogP contribution in [0.25, 0.3) is 0 Å². The highest BCUT2D eigenvalue weighted by Gasteiger charge is 2.49. The third-order valence-corrected chi connectivity index (χ3v) is 6.40. The maximum atomic E-state index is 13.1. The van der Waals surface area contributed by atoms with Crippen molar-refractivity contribution in [1.29, 1.82) is 0 Å². The van der Waals surface area contributed by atoms with Gasteiger partial charge in [-0.25, -0.2) is 4.79 Å². The molecule has 2 N–H and O–H groups in total. The zero-order valence-electron chi connectivity index (χ0n) is 18.4. The fraction of sp³-hybridized carbons (Fsp3) is 0.375. The standard InChI is InChI=1S/C24H26N4O5/c1-24(16-5-10-19-20(13-16)33-15-32-19)22(30)28(23(31)26-24)14-21(29)25-17-6-8-18(9-7-17)27-11-3-2-4-12-27/h5-10,13H,2-4,11-12,14-15H2,1H3,(H,25,29)(H,26,31). The zero-order chi connectivity index (χ0) is 23.0. The number of anilines is 2. The molecule has 0 aromatic heterocycles. The van der Waals surface area contributed by atoms with Crippen molar-refractivity contribution in [2.75, 3.05) is 36.6 Å². The van der Waals surface area contributed by atoms with Gasteiger partial charge in [-0.05, 0) is 68.1 Å². The number of hydrogen-bond acceptors (Lipinski definition) is 6. The molecule has 0 radical (unpaired) electrons. The van der Waals surface area contributed by atoms with E-state index in [-0.39, 0.29) is 13.3 Å². The fourth-order valence-corrected chi connectivity index (χ4v) is 4.50. The van der Waals surface area contributed by atoms with E-state index in [4.69, 9.17) is 9.47 Å². The Morgan fingerprint density at radius 2 is 1.76 bits per heavy atom. The molecule has 3 heterocycles. The average molecular weight is 450 g/mol. The number of nitrogens with zero attached hydrogens (tertiary/aromatic N) is 2. The molecule has 9 heteroatoms. The highest BCUT2D eigenvalue weighted by atomic mass is 16.7. The smallest absolute Gasteiger partial charge is 0.325 e. The first-order valence-corrected chi connectivity index (χ1v) is 11.1. The van der Waals surface area contributed by atoms with Gasteiger partial charge in [-0.15, -0.1) is 0 Å². The zero-order valence-corrected chi connectivity index (χ0v) is 18.4. The first kappa shape index (κ1) is 21.1. The average Bonchev–Trinajstić information content (AvgIpc) is 3.38. The van der Waals surface area contributed by atoms with Crippen LogP contribution in [0.5, 0.6) is 11.5 Å². The molecule has 0 saturated carbocycles. The molecule has 2 fully saturated rings. The Balaban J connectivity index is 1.24. The Kier molecular flexibility index (Phi) is 5.32. The number of carbonyl (C=O) groups excluding carboxylic acids is 3. The molecule has 3 aliphatic heterocycles. The van der Waals surface area contributed by atoms with Crippen LogP contribution in [0.4, 0.5) is 16.2 Å². The van der Waals surface area contributed by atoms with Gasteiger partial charge < -0.3 is 25.0 Å². The molecule has 2 aromatic carbocycles. The minimum atomic E-state index is -1.30. The molecule has 3 aliphatic rings. The minimum absolute atomic E-state index is 0.112.